The third-order valence-corrected chi connectivity index (χ3v) is 2.79. The Labute approximate surface area is 110 Å². The number of nitrogens with zero attached hydrogens (tertiary/aromatic N) is 4. The van der Waals surface area contributed by atoms with Crippen molar-refractivity contribution in [2.45, 2.75) is 6.54 Å². The number of tetrazole rings is 1. The summed E-state index contributed by atoms with van der Waals surface area (Å²) >= 11 is 0. The quantitative estimate of drug-likeness (QED) is 0.722. The smallest absolute Gasteiger partial charge is 0.204 e. The van der Waals surface area contributed by atoms with E-state index in [2.05, 4.69) is 15.4 Å². The van der Waals surface area contributed by atoms with Gasteiger partial charge in [0.25, 0.3) is 0 Å². The van der Waals surface area contributed by atoms with Gasteiger partial charge in [-0.05, 0) is 35.0 Å². The Morgan fingerprint density at radius 2 is 1.68 bits per heavy atom. The SMILES string of the molecule is Nc1ccc(-c2nnn(Cc3ccccc3)n2)cc1. The maximum atomic E-state index is 5.65. The van der Waals surface area contributed by atoms with Crippen LogP contribution in [0.4, 0.5) is 5.69 Å². The third-order valence-electron chi connectivity index (χ3n) is 2.79. The minimum absolute atomic E-state index is 0.607. The molecule has 5 nitrogen and oxygen atoms in total. The first-order chi connectivity index (χ1) is 9.31. The lowest BCUT2D eigenvalue weighted by molar-refractivity contribution is 0.573. The zero-order valence-electron chi connectivity index (χ0n) is 10.3. The summed E-state index contributed by atoms with van der Waals surface area (Å²) in [7, 11) is 0. The molecule has 0 radical (unpaired) electrons. The van der Waals surface area contributed by atoms with Crippen molar-refractivity contribution in [3.8, 4) is 11.4 Å². The van der Waals surface area contributed by atoms with Crippen molar-refractivity contribution in [1.82, 2.24) is 20.2 Å². The lowest BCUT2D eigenvalue weighted by atomic mass is 10.2. The van der Waals surface area contributed by atoms with Crippen molar-refractivity contribution in [2.24, 2.45) is 0 Å². The van der Waals surface area contributed by atoms with Crippen molar-refractivity contribution in [3.05, 3.63) is 60.2 Å². The van der Waals surface area contributed by atoms with E-state index in [4.69, 9.17) is 5.73 Å². The van der Waals surface area contributed by atoms with Crippen molar-refractivity contribution in [1.29, 1.82) is 0 Å². The molecule has 0 aliphatic rings. The summed E-state index contributed by atoms with van der Waals surface area (Å²) in [5.41, 5.74) is 8.43. The average Bonchev–Trinajstić information content (AvgIpc) is 2.89. The Hall–Kier alpha value is -2.69. The van der Waals surface area contributed by atoms with Gasteiger partial charge in [0.05, 0.1) is 6.54 Å². The van der Waals surface area contributed by atoms with Crippen LogP contribution < -0.4 is 5.73 Å². The first-order valence-electron chi connectivity index (χ1n) is 5.99. The molecular weight excluding hydrogens is 238 g/mol. The molecule has 0 fully saturated rings. The number of benzene rings is 2. The molecule has 0 aliphatic carbocycles. The summed E-state index contributed by atoms with van der Waals surface area (Å²) in [5, 5.41) is 12.5. The monoisotopic (exact) mass is 251 g/mol. The Kier molecular flexibility index (Phi) is 2.94. The van der Waals surface area contributed by atoms with Gasteiger partial charge < -0.3 is 5.73 Å². The van der Waals surface area contributed by atoms with Gasteiger partial charge in [0, 0.05) is 11.3 Å². The molecule has 2 aromatic carbocycles. The van der Waals surface area contributed by atoms with Gasteiger partial charge in [-0.3, -0.25) is 0 Å². The number of anilines is 1. The largest absolute Gasteiger partial charge is 0.399 e. The van der Waals surface area contributed by atoms with Crippen LogP contribution in [0.5, 0.6) is 0 Å². The molecule has 0 saturated heterocycles. The molecule has 0 aliphatic heterocycles. The Morgan fingerprint density at radius 1 is 0.947 bits per heavy atom. The Morgan fingerprint density at radius 3 is 2.42 bits per heavy atom. The molecule has 0 spiro atoms. The zero-order valence-corrected chi connectivity index (χ0v) is 10.3. The average molecular weight is 251 g/mol. The van der Waals surface area contributed by atoms with Crippen LogP contribution >= 0.6 is 0 Å². The molecule has 3 rings (SSSR count). The fourth-order valence-corrected chi connectivity index (χ4v) is 1.80. The van der Waals surface area contributed by atoms with Crippen molar-refractivity contribution >= 4 is 5.69 Å². The highest BCUT2D eigenvalue weighted by atomic mass is 15.6. The van der Waals surface area contributed by atoms with Crippen LogP contribution in [0.2, 0.25) is 0 Å². The summed E-state index contributed by atoms with van der Waals surface area (Å²) in [5.74, 6) is 0.607. The van der Waals surface area contributed by atoms with Crippen LogP contribution in [0.25, 0.3) is 11.4 Å². The minimum atomic E-state index is 0.607. The summed E-state index contributed by atoms with van der Waals surface area (Å²) in [6.45, 7) is 0.614. The number of nitrogen functional groups attached to an aromatic ring is 1. The van der Waals surface area contributed by atoms with Gasteiger partial charge >= 0.3 is 0 Å². The zero-order chi connectivity index (χ0) is 13.1. The molecule has 0 unspecified atom stereocenters. The Bertz CT molecular complexity index is 658. The van der Waals surface area contributed by atoms with E-state index in [1.54, 1.807) is 4.80 Å². The molecule has 2 N–H and O–H groups in total. The fraction of sp³-hybridized carbons (Fsp3) is 0.0714. The fourth-order valence-electron chi connectivity index (χ4n) is 1.80. The van der Waals surface area contributed by atoms with Crippen LogP contribution in [0.1, 0.15) is 5.56 Å². The van der Waals surface area contributed by atoms with Crippen LogP contribution in [0.3, 0.4) is 0 Å². The van der Waals surface area contributed by atoms with E-state index in [0.29, 0.717) is 12.4 Å². The summed E-state index contributed by atoms with van der Waals surface area (Å²) < 4.78 is 0. The molecule has 0 saturated carbocycles. The van der Waals surface area contributed by atoms with Crippen molar-refractivity contribution in [2.75, 3.05) is 5.73 Å². The van der Waals surface area contributed by atoms with Crippen molar-refractivity contribution < 1.29 is 0 Å². The maximum absolute atomic E-state index is 5.65. The van der Waals surface area contributed by atoms with Gasteiger partial charge in [-0.2, -0.15) is 4.80 Å². The standard InChI is InChI=1S/C14H13N5/c15-13-8-6-12(7-9-13)14-16-18-19(17-14)10-11-4-2-1-3-5-11/h1-9H,10,15H2. The molecule has 0 bridgehead atoms. The van der Waals surface area contributed by atoms with Gasteiger partial charge in [0.15, 0.2) is 0 Å². The van der Waals surface area contributed by atoms with E-state index in [-0.39, 0.29) is 0 Å². The van der Waals surface area contributed by atoms with Crippen LogP contribution in [0, 0.1) is 0 Å². The predicted molar refractivity (Wildman–Crippen MR) is 73.2 cm³/mol. The van der Waals surface area contributed by atoms with E-state index >= 15 is 0 Å². The maximum Gasteiger partial charge on any atom is 0.204 e. The molecule has 0 atom stereocenters. The third kappa shape index (κ3) is 2.60. The molecule has 94 valence electrons. The number of hydrogen-bond donors (Lipinski definition) is 1. The molecule has 19 heavy (non-hydrogen) atoms. The highest BCUT2D eigenvalue weighted by Gasteiger charge is 2.05. The second kappa shape index (κ2) is 4.89. The Balaban J connectivity index is 1.82. The molecular formula is C14H13N5. The van der Waals surface area contributed by atoms with Gasteiger partial charge in [-0.25, -0.2) is 0 Å². The highest BCUT2D eigenvalue weighted by Crippen LogP contribution is 2.15. The van der Waals surface area contributed by atoms with Crippen LogP contribution in [-0.4, -0.2) is 20.2 Å². The first-order valence-corrected chi connectivity index (χ1v) is 5.99. The number of aromatic nitrogens is 4. The lowest BCUT2D eigenvalue weighted by Crippen LogP contribution is -2.03. The summed E-state index contributed by atoms with van der Waals surface area (Å²) in [6, 6.07) is 17.5. The minimum Gasteiger partial charge on any atom is -0.399 e. The van der Waals surface area contributed by atoms with Gasteiger partial charge in [-0.1, -0.05) is 30.3 Å². The van der Waals surface area contributed by atoms with E-state index in [1.165, 1.54) is 0 Å². The lowest BCUT2D eigenvalue weighted by Gasteiger charge is -1.98. The molecule has 1 aromatic heterocycles. The van der Waals surface area contributed by atoms with E-state index < -0.39 is 0 Å². The normalized spacial score (nSPS) is 10.5. The van der Waals surface area contributed by atoms with Gasteiger partial charge in [-0.15, -0.1) is 10.2 Å². The van der Waals surface area contributed by atoms with Gasteiger partial charge in [0.2, 0.25) is 5.82 Å². The molecule has 1 heterocycles. The first kappa shape index (κ1) is 11.4. The van der Waals surface area contributed by atoms with E-state index in [9.17, 15) is 0 Å². The van der Waals surface area contributed by atoms with Gasteiger partial charge in [0.1, 0.15) is 0 Å². The molecule has 3 aromatic rings. The predicted octanol–water partition coefficient (Wildman–Crippen LogP) is 1.97. The number of hydrogen-bond acceptors (Lipinski definition) is 4. The second-order valence-electron chi connectivity index (χ2n) is 4.25. The van der Waals surface area contributed by atoms with E-state index in [1.807, 2.05) is 54.6 Å². The number of rotatable bonds is 3. The molecule has 0 amide bonds. The van der Waals surface area contributed by atoms with E-state index in [0.717, 1.165) is 16.8 Å². The summed E-state index contributed by atoms with van der Waals surface area (Å²) in [4.78, 5) is 1.58. The highest BCUT2D eigenvalue weighted by molar-refractivity contribution is 5.57. The molecule has 5 heteroatoms. The second-order valence-corrected chi connectivity index (χ2v) is 4.25. The topological polar surface area (TPSA) is 69.6 Å². The van der Waals surface area contributed by atoms with Crippen LogP contribution in [-0.2, 0) is 6.54 Å². The van der Waals surface area contributed by atoms with Crippen molar-refractivity contribution in [3.63, 3.8) is 0 Å². The summed E-state index contributed by atoms with van der Waals surface area (Å²) in [6.07, 6.45) is 0. The van der Waals surface area contributed by atoms with Crippen LogP contribution in [0.15, 0.2) is 54.6 Å². The number of nitrogens with two attached hydrogens (primary N) is 1.